The zero-order valence-corrected chi connectivity index (χ0v) is 26.0. The zero-order chi connectivity index (χ0) is 30.0. The maximum absolute atomic E-state index is 13.9. The van der Waals surface area contributed by atoms with Crippen LogP contribution in [0.1, 0.15) is 42.9 Å². The second-order valence-electron chi connectivity index (χ2n) is 10.0. The number of benzene rings is 3. The van der Waals surface area contributed by atoms with E-state index in [-0.39, 0.29) is 48.5 Å². The number of nitrogens with zero attached hydrogens (tertiary/aromatic N) is 2. The topological polar surface area (TPSA) is 86.8 Å². The molecule has 0 aliphatic heterocycles. The fourth-order valence-corrected chi connectivity index (χ4v) is 5.99. The van der Waals surface area contributed by atoms with Gasteiger partial charge in [0.1, 0.15) is 6.04 Å². The summed E-state index contributed by atoms with van der Waals surface area (Å²) >= 11 is 12.4. The van der Waals surface area contributed by atoms with E-state index >= 15 is 0 Å². The van der Waals surface area contributed by atoms with Crippen molar-refractivity contribution in [3.05, 3.63) is 99.5 Å². The van der Waals surface area contributed by atoms with Crippen molar-refractivity contribution in [2.24, 2.45) is 0 Å². The van der Waals surface area contributed by atoms with Crippen molar-refractivity contribution in [2.75, 3.05) is 23.7 Å². The molecule has 0 aliphatic carbocycles. The standard InChI is InChI=1S/C31H37Cl2N3O4S/c1-4-17-34-31(38)29(20-24-11-6-5-7-12-24)35(22-25-13-8-10-23(2)19-25)30(37)14-9-18-36(41(3,39)40)28-21-26(32)15-16-27(28)33/h5-8,10-13,15-16,19,21,29H,4,9,14,17-18,20,22H2,1-3H3,(H,34,38). The quantitative estimate of drug-likeness (QED) is 0.240. The molecule has 3 rings (SSSR count). The van der Waals surface area contributed by atoms with E-state index in [0.29, 0.717) is 18.0 Å². The van der Waals surface area contributed by atoms with Crippen LogP contribution in [-0.2, 0) is 32.6 Å². The first kappa shape index (κ1) is 32.4. The van der Waals surface area contributed by atoms with Crippen LogP contribution in [0.25, 0.3) is 0 Å². The fourth-order valence-electron chi connectivity index (χ4n) is 4.59. The number of aryl methyl sites for hydroxylation is 1. The molecule has 0 radical (unpaired) electrons. The maximum atomic E-state index is 13.9. The van der Waals surface area contributed by atoms with E-state index in [0.717, 1.165) is 33.7 Å². The van der Waals surface area contributed by atoms with Gasteiger partial charge in [-0.3, -0.25) is 13.9 Å². The first-order chi connectivity index (χ1) is 19.5. The molecule has 220 valence electrons. The predicted octanol–water partition coefficient (Wildman–Crippen LogP) is 6.01. The molecule has 0 spiro atoms. The molecule has 3 aromatic carbocycles. The van der Waals surface area contributed by atoms with Gasteiger partial charge in [-0.2, -0.15) is 0 Å². The van der Waals surface area contributed by atoms with Crippen LogP contribution in [0, 0.1) is 6.92 Å². The fraction of sp³-hybridized carbons (Fsp3) is 0.355. The van der Waals surface area contributed by atoms with Crippen molar-refractivity contribution in [2.45, 2.75) is 52.1 Å². The maximum Gasteiger partial charge on any atom is 0.243 e. The number of anilines is 1. The minimum atomic E-state index is -3.71. The molecule has 1 atom stereocenters. The lowest BCUT2D eigenvalue weighted by Gasteiger charge is -2.32. The van der Waals surface area contributed by atoms with Crippen molar-refractivity contribution in [3.63, 3.8) is 0 Å². The smallest absolute Gasteiger partial charge is 0.243 e. The summed E-state index contributed by atoms with van der Waals surface area (Å²) in [7, 11) is -3.71. The predicted molar refractivity (Wildman–Crippen MR) is 167 cm³/mol. The molecular formula is C31H37Cl2N3O4S. The Hall–Kier alpha value is -3.07. The average Bonchev–Trinajstić information content (AvgIpc) is 2.93. The number of rotatable bonds is 14. The molecular weight excluding hydrogens is 581 g/mol. The minimum Gasteiger partial charge on any atom is -0.354 e. The van der Waals surface area contributed by atoms with E-state index in [1.54, 1.807) is 11.0 Å². The average molecular weight is 619 g/mol. The SMILES string of the molecule is CCCNC(=O)C(Cc1ccccc1)N(Cc1cccc(C)c1)C(=O)CCCN(c1cc(Cl)ccc1Cl)S(C)(=O)=O. The Morgan fingerprint density at radius 1 is 0.951 bits per heavy atom. The van der Waals surface area contributed by atoms with Crippen LogP contribution in [0.5, 0.6) is 0 Å². The number of amides is 2. The van der Waals surface area contributed by atoms with E-state index in [1.165, 1.54) is 12.1 Å². The molecule has 1 unspecified atom stereocenters. The lowest BCUT2D eigenvalue weighted by atomic mass is 10.0. The van der Waals surface area contributed by atoms with E-state index in [4.69, 9.17) is 23.2 Å². The Morgan fingerprint density at radius 2 is 1.66 bits per heavy atom. The van der Waals surface area contributed by atoms with Gasteiger partial charge in [0.15, 0.2) is 0 Å². The molecule has 0 saturated carbocycles. The highest BCUT2D eigenvalue weighted by Gasteiger charge is 2.30. The summed E-state index contributed by atoms with van der Waals surface area (Å²) in [5, 5.41) is 3.55. The van der Waals surface area contributed by atoms with Crippen molar-refractivity contribution in [3.8, 4) is 0 Å². The molecule has 0 bridgehead atoms. The highest BCUT2D eigenvalue weighted by atomic mass is 35.5. The summed E-state index contributed by atoms with van der Waals surface area (Å²) in [5.74, 6) is -0.468. The Morgan fingerprint density at radius 3 is 2.32 bits per heavy atom. The Balaban J connectivity index is 1.89. The second-order valence-corrected chi connectivity index (χ2v) is 12.8. The monoisotopic (exact) mass is 617 g/mol. The Kier molecular flexibility index (Phi) is 12.1. The third-order valence-corrected chi connectivity index (χ3v) is 8.32. The van der Waals surface area contributed by atoms with E-state index < -0.39 is 16.1 Å². The number of nitrogens with one attached hydrogen (secondary N) is 1. The van der Waals surface area contributed by atoms with Crippen molar-refractivity contribution < 1.29 is 18.0 Å². The number of carbonyl (C=O) groups is 2. The van der Waals surface area contributed by atoms with Gasteiger partial charge in [-0.05, 0) is 49.1 Å². The highest BCUT2D eigenvalue weighted by Crippen LogP contribution is 2.31. The summed E-state index contributed by atoms with van der Waals surface area (Å²) in [4.78, 5) is 28.9. The molecule has 41 heavy (non-hydrogen) atoms. The summed E-state index contributed by atoms with van der Waals surface area (Å²) in [5.41, 5.74) is 3.15. The number of hydrogen-bond acceptors (Lipinski definition) is 4. The van der Waals surface area contributed by atoms with Gasteiger partial charge in [0.2, 0.25) is 21.8 Å². The summed E-state index contributed by atoms with van der Waals surface area (Å²) in [6.07, 6.45) is 2.45. The van der Waals surface area contributed by atoms with Crippen LogP contribution in [0.4, 0.5) is 5.69 Å². The molecule has 0 aliphatic rings. The number of halogens is 2. The van der Waals surface area contributed by atoms with Crippen molar-refractivity contribution >= 4 is 50.7 Å². The molecule has 0 heterocycles. The molecule has 0 aromatic heterocycles. The first-order valence-electron chi connectivity index (χ1n) is 13.6. The van der Waals surface area contributed by atoms with Gasteiger partial charge in [0.05, 0.1) is 17.0 Å². The summed E-state index contributed by atoms with van der Waals surface area (Å²) in [6, 6.07) is 21.3. The van der Waals surface area contributed by atoms with Crippen molar-refractivity contribution in [1.82, 2.24) is 10.2 Å². The Bertz CT molecular complexity index is 1430. The van der Waals surface area contributed by atoms with Crippen LogP contribution in [-0.4, -0.2) is 50.5 Å². The third kappa shape index (κ3) is 9.76. The molecule has 7 nitrogen and oxygen atoms in total. The van der Waals surface area contributed by atoms with Gasteiger partial charge in [0, 0.05) is 37.5 Å². The van der Waals surface area contributed by atoms with Crippen LogP contribution in [0.2, 0.25) is 10.0 Å². The largest absolute Gasteiger partial charge is 0.354 e. The van der Waals surface area contributed by atoms with Gasteiger partial charge >= 0.3 is 0 Å². The molecule has 1 N–H and O–H groups in total. The van der Waals surface area contributed by atoms with Gasteiger partial charge in [-0.15, -0.1) is 0 Å². The van der Waals surface area contributed by atoms with Crippen LogP contribution >= 0.6 is 23.2 Å². The molecule has 2 amide bonds. The lowest BCUT2D eigenvalue weighted by Crippen LogP contribution is -2.50. The molecule has 10 heteroatoms. The van der Waals surface area contributed by atoms with E-state index in [9.17, 15) is 18.0 Å². The third-order valence-electron chi connectivity index (χ3n) is 6.58. The second kappa shape index (κ2) is 15.2. The highest BCUT2D eigenvalue weighted by molar-refractivity contribution is 7.92. The van der Waals surface area contributed by atoms with Crippen molar-refractivity contribution in [1.29, 1.82) is 0 Å². The van der Waals surface area contributed by atoms with Gasteiger partial charge in [0.25, 0.3) is 0 Å². The molecule has 0 saturated heterocycles. The number of sulfonamides is 1. The Labute approximate surface area is 253 Å². The van der Waals surface area contributed by atoms with E-state index in [1.807, 2.05) is 68.4 Å². The van der Waals surface area contributed by atoms with Crippen LogP contribution < -0.4 is 9.62 Å². The molecule has 3 aromatic rings. The van der Waals surface area contributed by atoms with Crippen LogP contribution in [0.15, 0.2) is 72.8 Å². The number of hydrogen-bond donors (Lipinski definition) is 1. The number of carbonyl (C=O) groups excluding carboxylic acids is 2. The van der Waals surface area contributed by atoms with Gasteiger partial charge < -0.3 is 10.2 Å². The van der Waals surface area contributed by atoms with Gasteiger partial charge in [-0.1, -0.05) is 90.3 Å². The van der Waals surface area contributed by atoms with E-state index in [2.05, 4.69) is 5.32 Å². The van der Waals surface area contributed by atoms with Crippen LogP contribution in [0.3, 0.4) is 0 Å². The molecule has 0 fully saturated rings. The minimum absolute atomic E-state index is 0.0221. The lowest BCUT2D eigenvalue weighted by molar-refractivity contribution is -0.141. The summed E-state index contributed by atoms with van der Waals surface area (Å²) in [6.45, 7) is 4.72. The zero-order valence-electron chi connectivity index (χ0n) is 23.6. The normalized spacial score (nSPS) is 12.0. The first-order valence-corrected chi connectivity index (χ1v) is 16.2. The van der Waals surface area contributed by atoms with Gasteiger partial charge in [-0.25, -0.2) is 8.42 Å². The summed E-state index contributed by atoms with van der Waals surface area (Å²) < 4.78 is 26.5.